The number of carbonyl (C=O) groups excluding carboxylic acids is 2. The molecule has 1 N–H and O–H groups in total. The maximum atomic E-state index is 16.7. The van der Waals surface area contributed by atoms with Crippen LogP contribution in [0.5, 0.6) is 11.5 Å². The first-order valence-electron chi connectivity index (χ1n) is 13.1. The van der Waals surface area contributed by atoms with Gasteiger partial charge in [0.05, 0.1) is 0 Å². The summed E-state index contributed by atoms with van der Waals surface area (Å²) in [6.45, 7) is 3.62. The van der Waals surface area contributed by atoms with Crippen molar-refractivity contribution in [2.45, 2.75) is 31.7 Å². The number of hydrogen-bond donors (Lipinski definition) is 1. The predicted octanol–water partition coefficient (Wildman–Crippen LogP) is 7.54. The third-order valence-corrected chi connectivity index (χ3v) is 11.7. The van der Waals surface area contributed by atoms with Gasteiger partial charge >= 0.3 is 242 Å². The van der Waals surface area contributed by atoms with Gasteiger partial charge in [-0.05, 0) is 0 Å². The molecular weight excluding hydrogens is 619 g/mol. The molecule has 228 valence electrons. The van der Waals surface area contributed by atoms with Crippen LogP contribution in [0.2, 0.25) is 0 Å². The van der Waals surface area contributed by atoms with Gasteiger partial charge in [0, 0.05) is 0 Å². The Kier molecular flexibility index (Phi) is 8.43. The molecular formula is C29H24F6NO5PS. The van der Waals surface area contributed by atoms with E-state index >= 15 is 4.39 Å². The minimum atomic E-state index is -3.53. The van der Waals surface area contributed by atoms with Crippen molar-refractivity contribution < 1.29 is 49.9 Å². The van der Waals surface area contributed by atoms with Crippen molar-refractivity contribution in [2.75, 3.05) is 12.8 Å². The number of carbonyl (C=O) groups is 2. The van der Waals surface area contributed by atoms with Gasteiger partial charge < -0.3 is 0 Å². The van der Waals surface area contributed by atoms with E-state index < -0.39 is 65.9 Å². The fraction of sp³-hybridized carbons (Fsp3) is 0.241. The number of esters is 2. The molecule has 6 nitrogen and oxygen atoms in total. The number of thiophene rings is 1. The zero-order chi connectivity index (χ0) is 31.1. The summed E-state index contributed by atoms with van der Waals surface area (Å²) in [4.78, 5) is 24.9. The Morgan fingerprint density at radius 1 is 0.977 bits per heavy atom. The van der Waals surface area contributed by atoms with Crippen molar-refractivity contribution in [2.24, 2.45) is 0 Å². The number of para-hydroxylation sites is 1. The monoisotopic (exact) mass is 643 g/mol. The molecule has 3 aromatic carbocycles. The number of nitrogens with one attached hydrogen (secondary N) is 1. The van der Waals surface area contributed by atoms with Crippen molar-refractivity contribution in [1.82, 2.24) is 5.09 Å². The number of ether oxygens (including phenoxy) is 2. The average molecular weight is 644 g/mol. The van der Waals surface area contributed by atoms with Gasteiger partial charge in [-0.3, -0.25) is 0 Å². The molecule has 1 saturated heterocycles. The van der Waals surface area contributed by atoms with Gasteiger partial charge in [-0.1, -0.05) is 0 Å². The summed E-state index contributed by atoms with van der Waals surface area (Å²) in [5, 5.41) is 1.42. The number of fused-ring (bicyclic) bond motifs is 1. The van der Waals surface area contributed by atoms with Gasteiger partial charge in [-0.2, -0.15) is 0 Å². The fourth-order valence-corrected chi connectivity index (χ4v) is 9.38. The van der Waals surface area contributed by atoms with E-state index in [2.05, 4.69) is 9.82 Å². The summed E-state index contributed by atoms with van der Waals surface area (Å²) in [5.74, 6) is -14.7. The van der Waals surface area contributed by atoms with Crippen LogP contribution in [0.25, 0.3) is 10.1 Å². The fourth-order valence-electron chi connectivity index (χ4n) is 4.58. The van der Waals surface area contributed by atoms with Crippen LogP contribution in [0.4, 0.5) is 26.3 Å². The number of halogens is 6. The summed E-state index contributed by atoms with van der Waals surface area (Å²) in [6.07, 6.45) is 0.567. The SMILES string of the molecule is CCCOC(=O)[C@H](C)N[PH]1(Oc2ccccc2)C[C@]1(F)c1ccc2sc(C(=O)Oc3c(F)c(F)c(F)c(F)c3F)cc2c1. The Hall–Kier alpha value is -3.67. The van der Waals surface area contributed by atoms with E-state index in [1.54, 1.807) is 37.3 Å². The molecule has 43 heavy (non-hydrogen) atoms. The molecule has 0 amide bonds. The van der Waals surface area contributed by atoms with Crippen LogP contribution in [0, 0.1) is 29.1 Å². The molecule has 0 saturated carbocycles. The van der Waals surface area contributed by atoms with Gasteiger partial charge in [0.1, 0.15) is 0 Å². The normalized spacial score (nSPS) is 18.6. The van der Waals surface area contributed by atoms with Gasteiger partial charge in [-0.15, -0.1) is 0 Å². The number of rotatable bonds is 10. The quantitative estimate of drug-likeness (QED) is 0.0481. The molecule has 1 aromatic heterocycles. The average Bonchev–Trinajstić information content (AvgIpc) is 3.34. The van der Waals surface area contributed by atoms with Gasteiger partial charge in [0.2, 0.25) is 0 Å². The molecule has 0 bridgehead atoms. The van der Waals surface area contributed by atoms with Gasteiger partial charge in [0.25, 0.3) is 0 Å². The van der Waals surface area contributed by atoms with E-state index in [0.717, 1.165) is 11.3 Å². The van der Waals surface area contributed by atoms with Crippen molar-refractivity contribution in [1.29, 1.82) is 0 Å². The Balaban J connectivity index is 1.43. The molecule has 1 fully saturated rings. The van der Waals surface area contributed by atoms with Crippen LogP contribution in [-0.2, 0) is 14.9 Å². The molecule has 2 heterocycles. The molecule has 2 atom stereocenters. The summed E-state index contributed by atoms with van der Waals surface area (Å²) >= 11 is 0.812. The van der Waals surface area contributed by atoms with E-state index in [-0.39, 0.29) is 23.2 Å². The third kappa shape index (κ3) is 5.69. The molecule has 14 heteroatoms. The molecule has 0 aliphatic carbocycles. The van der Waals surface area contributed by atoms with Crippen LogP contribution in [0.1, 0.15) is 35.5 Å². The topological polar surface area (TPSA) is 73.9 Å². The van der Waals surface area contributed by atoms with E-state index in [9.17, 15) is 31.5 Å². The summed E-state index contributed by atoms with van der Waals surface area (Å²) < 4.78 is 102. The Labute approximate surface area is 246 Å². The number of hydrogen-bond acceptors (Lipinski definition) is 7. The number of alkyl halides is 1. The third-order valence-electron chi connectivity index (χ3n) is 6.83. The Morgan fingerprint density at radius 3 is 2.28 bits per heavy atom. The summed E-state index contributed by atoms with van der Waals surface area (Å²) in [5.41, 5.74) is 0.196. The van der Waals surface area contributed by atoms with E-state index in [4.69, 9.17) is 9.26 Å². The summed E-state index contributed by atoms with van der Waals surface area (Å²) in [6, 6.07) is 13.4. The standard InChI is InChI=1S/C29H24F6NO5PS/c1-3-11-39-27(37)15(2)36-42(41-18-7-5-4-6-8-18)14-29(42,35)17-9-10-19-16(12-17)13-20(43-19)28(38)40-26-24(33)22(31)21(30)23(32)25(26)34/h4-10,12-13,15,36,42H,3,11,14H2,1-2H3/t15-,29+/m0/s1. The first-order chi connectivity index (χ1) is 20.4. The molecule has 0 spiro atoms. The van der Waals surface area contributed by atoms with Gasteiger partial charge in [-0.25, -0.2) is 4.39 Å². The maximum absolute atomic E-state index is 16.7. The Bertz CT molecular complexity index is 1690. The second kappa shape index (κ2) is 11.8. The minimum absolute atomic E-state index is 0.0505. The zero-order valence-electron chi connectivity index (χ0n) is 22.6. The molecule has 4 aromatic rings. The first-order valence-corrected chi connectivity index (χ1v) is 16.0. The van der Waals surface area contributed by atoms with Crippen molar-refractivity contribution in [3.8, 4) is 11.5 Å². The van der Waals surface area contributed by atoms with Crippen molar-refractivity contribution in [3.63, 3.8) is 0 Å². The first kappa shape index (κ1) is 30.8. The van der Waals surface area contributed by atoms with Crippen molar-refractivity contribution in [3.05, 3.63) is 94.1 Å². The predicted molar refractivity (Wildman–Crippen MR) is 150 cm³/mol. The second-order valence-electron chi connectivity index (χ2n) is 9.91. The molecule has 0 radical (unpaired) electrons. The molecule has 1 aliphatic heterocycles. The van der Waals surface area contributed by atoms with Crippen LogP contribution < -0.4 is 14.3 Å². The second-order valence-corrected chi connectivity index (χ2v) is 14.3. The molecule has 1 aliphatic rings. The zero-order valence-corrected chi connectivity index (χ0v) is 24.4. The summed E-state index contributed by atoms with van der Waals surface area (Å²) in [7, 11) is -3.53. The molecule has 0 unspecified atom stereocenters. The van der Waals surface area contributed by atoms with E-state index in [1.807, 2.05) is 6.92 Å². The van der Waals surface area contributed by atoms with Crippen molar-refractivity contribution >= 4 is 41.0 Å². The van der Waals surface area contributed by atoms with Crippen LogP contribution in [0.15, 0.2) is 54.6 Å². The van der Waals surface area contributed by atoms with Gasteiger partial charge in [0.15, 0.2) is 0 Å². The van der Waals surface area contributed by atoms with Crippen LogP contribution >= 0.6 is 19.0 Å². The van der Waals surface area contributed by atoms with Crippen LogP contribution in [-0.4, -0.2) is 30.7 Å². The van der Waals surface area contributed by atoms with E-state index in [1.165, 1.54) is 24.3 Å². The van der Waals surface area contributed by atoms with Crippen LogP contribution in [0.3, 0.4) is 0 Å². The molecule has 5 rings (SSSR count). The number of benzene rings is 3. The van der Waals surface area contributed by atoms with E-state index in [0.29, 0.717) is 22.3 Å². The Morgan fingerprint density at radius 2 is 1.63 bits per heavy atom.